The van der Waals surface area contributed by atoms with Crippen LogP contribution in [-0.4, -0.2) is 16.3 Å². The molecule has 0 bridgehead atoms. The Kier molecular flexibility index (Phi) is 2.28. The van der Waals surface area contributed by atoms with Crippen LogP contribution >= 0.6 is 0 Å². The van der Waals surface area contributed by atoms with Gasteiger partial charge in [-0.1, -0.05) is 0 Å². The van der Waals surface area contributed by atoms with Crippen molar-refractivity contribution in [3.05, 3.63) is 24.0 Å². The molecule has 0 saturated heterocycles. The molecule has 0 unspecified atom stereocenters. The molecular formula is C8H10N2O2. The van der Waals surface area contributed by atoms with Gasteiger partial charge in [0, 0.05) is 18.0 Å². The summed E-state index contributed by atoms with van der Waals surface area (Å²) in [5.74, 6) is -0.432. The van der Waals surface area contributed by atoms with Crippen molar-refractivity contribution in [3.63, 3.8) is 0 Å². The van der Waals surface area contributed by atoms with E-state index in [0.717, 1.165) is 0 Å². The third kappa shape index (κ3) is 1.95. The molecule has 0 aliphatic rings. The van der Waals surface area contributed by atoms with Crippen LogP contribution in [0.3, 0.4) is 0 Å². The summed E-state index contributed by atoms with van der Waals surface area (Å²) in [6.45, 7) is 1.59. The first kappa shape index (κ1) is 8.52. The van der Waals surface area contributed by atoms with Crippen LogP contribution in [0.25, 0.3) is 0 Å². The lowest BCUT2D eigenvalue weighted by atomic mass is 10.2. The highest BCUT2D eigenvalue weighted by Gasteiger charge is 2.02. The average Bonchev–Trinajstić information content (AvgIpc) is 2.34. The third-order valence-electron chi connectivity index (χ3n) is 1.50. The fourth-order valence-corrected chi connectivity index (χ4v) is 0.927. The minimum atomic E-state index is -0.416. The zero-order valence-electron chi connectivity index (χ0n) is 6.78. The Hall–Kier alpha value is -1.58. The Morgan fingerprint density at radius 3 is 2.67 bits per heavy atom. The van der Waals surface area contributed by atoms with E-state index in [1.807, 2.05) is 0 Å². The standard InChI is InChI=1S/C8H10N2O2/c1-6(11)7-2-3-10(4-7)5-8(9)12/h2-4H,5H2,1H3,(H2,9,12). The predicted octanol–water partition coefficient (Wildman–Crippen LogP) is 0.176. The Morgan fingerprint density at radius 2 is 2.25 bits per heavy atom. The molecule has 1 aromatic rings. The van der Waals surface area contributed by atoms with Gasteiger partial charge in [-0.2, -0.15) is 0 Å². The topological polar surface area (TPSA) is 65.1 Å². The van der Waals surface area contributed by atoms with Gasteiger partial charge in [0.05, 0.1) is 0 Å². The Morgan fingerprint density at radius 1 is 1.58 bits per heavy atom. The van der Waals surface area contributed by atoms with E-state index in [2.05, 4.69) is 0 Å². The maximum atomic E-state index is 10.8. The first-order valence-electron chi connectivity index (χ1n) is 3.54. The molecular weight excluding hydrogens is 156 g/mol. The van der Waals surface area contributed by atoms with Crippen molar-refractivity contribution in [1.82, 2.24) is 4.57 Å². The summed E-state index contributed by atoms with van der Waals surface area (Å²) in [5.41, 5.74) is 5.56. The van der Waals surface area contributed by atoms with Crippen molar-refractivity contribution in [3.8, 4) is 0 Å². The SMILES string of the molecule is CC(=O)c1ccn(CC(N)=O)c1. The number of ketones is 1. The second-order valence-electron chi connectivity index (χ2n) is 2.60. The Labute approximate surface area is 70.0 Å². The van der Waals surface area contributed by atoms with Crippen LogP contribution in [0.4, 0.5) is 0 Å². The largest absolute Gasteiger partial charge is 0.368 e. The number of aromatic nitrogens is 1. The van der Waals surface area contributed by atoms with Crippen molar-refractivity contribution >= 4 is 11.7 Å². The number of carbonyl (C=O) groups is 2. The van der Waals surface area contributed by atoms with E-state index in [-0.39, 0.29) is 12.3 Å². The lowest BCUT2D eigenvalue weighted by molar-refractivity contribution is -0.118. The zero-order valence-corrected chi connectivity index (χ0v) is 6.78. The van der Waals surface area contributed by atoms with Crippen molar-refractivity contribution in [2.24, 2.45) is 5.73 Å². The van der Waals surface area contributed by atoms with Gasteiger partial charge < -0.3 is 10.3 Å². The van der Waals surface area contributed by atoms with Crippen LogP contribution in [0.15, 0.2) is 18.5 Å². The van der Waals surface area contributed by atoms with Crippen molar-refractivity contribution in [2.45, 2.75) is 13.5 Å². The lowest BCUT2D eigenvalue weighted by Gasteiger charge is -1.95. The van der Waals surface area contributed by atoms with Crippen LogP contribution in [0.1, 0.15) is 17.3 Å². The number of Topliss-reactive ketones (excluding diaryl/α,β-unsaturated/α-hetero) is 1. The molecule has 0 aliphatic carbocycles. The monoisotopic (exact) mass is 166 g/mol. The van der Waals surface area contributed by atoms with Crippen molar-refractivity contribution in [2.75, 3.05) is 0 Å². The quantitative estimate of drug-likeness (QED) is 0.651. The molecule has 0 saturated carbocycles. The number of nitrogens with two attached hydrogens (primary N) is 1. The molecule has 0 aromatic carbocycles. The van der Waals surface area contributed by atoms with Gasteiger partial charge in [-0.3, -0.25) is 9.59 Å². The van der Waals surface area contributed by atoms with Crippen LogP contribution in [0.2, 0.25) is 0 Å². The molecule has 1 heterocycles. The van der Waals surface area contributed by atoms with Gasteiger partial charge in [0.2, 0.25) is 5.91 Å². The summed E-state index contributed by atoms with van der Waals surface area (Å²) >= 11 is 0. The van der Waals surface area contributed by atoms with E-state index in [0.29, 0.717) is 5.56 Å². The number of rotatable bonds is 3. The molecule has 12 heavy (non-hydrogen) atoms. The summed E-state index contributed by atoms with van der Waals surface area (Å²) < 4.78 is 1.58. The molecule has 0 radical (unpaired) electrons. The van der Waals surface area contributed by atoms with E-state index in [1.54, 1.807) is 23.0 Å². The maximum absolute atomic E-state index is 10.8. The van der Waals surface area contributed by atoms with Crippen LogP contribution in [0, 0.1) is 0 Å². The van der Waals surface area contributed by atoms with Gasteiger partial charge >= 0.3 is 0 Å². The average molecular weight is 166 g/mol. The smallest absolute Gasteiger partial charge is 0.237 e. The molecule has 0 fully saturated rings. The number of amides is 1. The summed E-state index contributed by atoms with van der Waals surface area (Å²) in [5, 5.41) is 0. The number of primary amides is 1. The second kappa shape index (κ2) is 3.21. The van der Waals surface area contributed by atoms with Gasteiger partial charge in [0.25, 0.3) is 0 Å². The normalized spacial score (nSPS) is 9.75. The zero-order chi connectivity index (χ0) is 9.14. The number of carbonyl (C=O) groups excluding carboxylic acids is 2. The highest BCUT2D eigenvalue weighted by molar-refractivity contribution is 5.93. The molecule has 0 spiro atoms. The molecule has 1 rings (SSSR count). The van der Waals surface area contributed by atoms with Crippen LogP contribution in [0.5, 0.6) is 0 Å². The molecule has 4 heteroatoms. The fourth-order valence-electron chi connectivity index (χ4n) is 0.927. The molecule has 1 amide bonds. The summed E-state index contributed by atoms with van der Waals surface area (Å²) in [6.07, 6.45) is 3.26. The molecule has 64 valence electrons. The van der Waals surface area contributed by atoms with Gasteiger partial charge in [-0.15, -0.1) is 0 Å². The van der Waals surface area contributed by atoms with E-state index in [4.69, 9.17) is 5.73 Å². The van der Waals surface area contributed by atoms with Crippen LogP contribution in [-0.2, 0) is 11.3 Å². The van der Waals surface area contributed by atoms with Gasteiger partial charge in [0.1, 0.15) is 6.54 Å². The number of hydrogen-bond donors (Lipinski definition) is 1. The Bertz CT molecular complexity index is 315. The van der Waals surface area contributed by atoms with Gasteiger partial charge in [-0.25, -0.2) is 0 Å². The van der Waals surface area contributed by atoms with Crippen molar-refractivity contribution in [1.29, 1.82) is 0 Å². The van der Waals surface area contributed by atoms with Crippen molar-refractivity contribution < 1.29 is 9.59 Å². The summed E-state index contributed by atoms with van der Waals surface area (Å²) in [7, 11) is 0. The number of hydrogen-bond acceptors (Lipinski definition) is 2. The molecule has 4 nitrogen and oxygen atoms in total. The first-order chi connectivity index (χ1) is 5.59. The minimum Gasteiger partial charge on any atom is -0.368 e. The second-order valence-corrected chi connectivity index (χ2v) is 2.60. The molecule has 1 aromatic heterocycles. The molecule has 0 aliphatic heterocycles. The van der Waals surface area contributed by atoms with E-state index in [1.165, 1.54) is 6.92 Å². The fraction of sp³-hybridized carbons (Fsp3) is 0.250. The Balaban J connectivity index is 2.77. The predicted molar refractivity (Wildman–Crippen MR) is 43.6 cm³/mol. The summed E-state index contributed by atoms with van der Waals surface area (Å²) in [4.78, 5) is 21.3. The van der Waals surface area contributed by atoms with E-state index >= 15 is 0 Å². The number of nitrogens with zero attached hydrogens (tertiary/aromatic N) is 1. The molecule has 2 N–H and O–H groups in total. The maximum Gasteiger partial charge on any atom is 0.237 e. The van der Waals surface area contributed by atoms with E-state index < -0.39 is 5.91 Å². The van der Waals surface area contributed by atoms with E-state index in [9.17, 15) is 9.59 Å². The summed E-state index contributed by atoms with van der Waals surface area (Å²) in [6, 6.07) is 1.66. The third-order valence-corrected chi connectivity index (χ3v) is 1.50. The highest BCUT2D eigenvalue weighted by Crippen LogP contribution is 2.01. The van der Waals surface area contributed by atoms with Crippen LogP contribution < -0.4 is 5.73 Å². The minimum absolute atomic E-state index is 0.0155. The highest BCUT2D eigenvalue weighted by atomic mass is 16.1. The first-order valence-corrected chi connectivity index (χ1v) is 3.54. The molecule has 0 atom stereocenters. The van der Waals surface area contributed by atoms with Gasteiger partial charge in [-0.05, 0) is 13.0 Å². The lowest BCUT2D eigenvalue weighted by Crippen LogP contribution is -2.17. The van der Waals surface area contributed by atoms with Gasteiger partial charge in [0.15, 0.2) is 5.78 Å².